The number of aromatic nitrogens is 4. The van der Waals surface area contributed by atoms with E-state index in [0.29, 0.717) is 11.0 Å². The Morgan fingerprint density at radius 1 is 1.27 bits per heavy atom. The highest BCUT2D eigenvalue weighted by atomic mass is 32.2. The van der Waals surface area contributed by atoms with Crippen LogP contribution in [0.4, 0.5) is 5.13 Å². The zero-order valence-electron chi connectivity index (χ0n) is 17.2. The molecule has 3 aromatic rings. The fraction of sp³-hybridized carbons (Fsp3) is 0.500. The highest BCUT2D eigenvalue weighted by molar-refractivity contribution is 7.99. The third kappa shape index (κ3) is 5.37. The molecule has 2 aromatic heterocycles. The van der Waals surface area contributed by atoms with E-state index < -0.39 is 0 Å². The minimum Gasteiger partial charge on any atom is -0.379 e. The number of fused-ring (bicyclic) bond motifs is 1. The van der Waals surface area contributed by atoms with Crippen LogP contribution in [0.5, 0.6) is 0 Å². The quantitative estimate of drug-likeness (QED) is 0.532. The van der Waals surface area contributed by atoms with E-state index in [2.05, 4.69) is 43.8 Å². The van der Waals surface area contributed by atoms with Crippen molar-refractivity contribution in [3.05, 3.63) is 30.1 Å². The largest absolute Gasteiger partial charge is 0.379 e. The van der Waals surface area contributed by atoms with Crippen LogP contribution in [0.3, 0.4) is 0 Å². The molecule has 160 valence electrons. The molecule has 1 aliphatic rings. The Balaban J connectivity index is 1.39. The third-order valence-electron chi connectivity index (χ3n) is 4.68. The molecule has 30 heavy (non-hydrogen) atoms. The Morgan fingerprint density at radius 3 is 2.83 bits per heavy atom. The molecule has 0 atom stereocenters. The minimum absolute atomic E-state index is 0.0899. The van der Waals surface area contributed by atoms with E-state index in [0.717, 1.165) is 60.6 Å². The Kier molecular flexibility index (Phi) is 6.98. The maximum absolute atomic E-state index is 12.5. The number of morpholine rings is 1. The van der Waals surface area contributed by atoms with Gasteiger partial charge in [-0.25, -0.2) is 4.98 Å². The third-order valence-corrected chi connectivity index (χ3v) is 6.60. The van der Waals surface area contributed by atoms with Crippen LogP contribution in [0, 0.1) is 5.92 Å². The number of nitrogens with zero attached hydrogens (tertiary/aromatic N) is 5. The number of hydrogen-bond donors (Lipinski definition) is 1. The number of hydrogen-bond acceptors (Lipinski definition) is 8. The molecule has 0 spiro atoms. The van der Waals surface area contributed by atoms with Gasteiger partial charge in [0.15, 0.2) is 10.3 Å². The lowest BCUT2D eigenvalue weighted by Crippen LogP contribution is -2.36. The first-order valence-corrected chi connectivity index (χ1v) is 11.9. The Morgan fingerprint density at radius 2 is 2.07 bits per heavy atom. The van der Waals surface area contributed by atoms with Gasteiger partial charge < -0.3 is 14.6 Å². The smallest absolute Gasteiger partial charge is 0.236 e. The Labute approximate surface area is 184 Å². The number of ether oxygens (including phenoxy) is 1. The Hall–Kier alpha value is -2.01. The maximum Gasteiger partial charge on any atom is 0.236 e. The number of rotatable bonds is 8. The highest BCUT2D eigenvalue weighted by Gasteiger charge is 2.19. The van der Waals surface area contributed by atoms with Gasteiger partial charge in [-0.1, -0.05) is 49.1 Å². The van der Waals surface area contributed by atoms with Gasteiger partial charge in [0, 0.05) is 19.6 Å². The van der Waals surface area contributed by atoms with Gasteiger partial charge >= 0.3 is 0 Å². The van der Waals surface area contributed by atoms with Crippen molar-refractivity contribution in [2.45, 2.75) is 32.1 Å². The predicted octanol–water partition coefficient (Wildman–Crippen LogP) is 3.11. The lowest BCUT2D eigenvalue weighted by atomic mass is 10.2. The second kappa shape index (κ2) is 9.86. The van der Waals surface area contributed by atoms with Crippen LogP contribution in [0.15, 0.2) is 29.4 Å². The topological polar surface area (TPSA) is 85.2 Å². The van der Waals surface area contributed by atoms with Crippen molar-refractivity contribution in [2.75, 3.05) is 37.4 Å². The van der Waals surface area contributed by atoms with Gasteiger partial charge in [0.05, 0.1) is 35.7 Å². The normalized spacial score (nSPS) is 15.2. The van der Waals surface area contributed by atoms with Crippen LogP contribution in [0.2, 0.25) is 0 Å². The van der Waals surface area contributed by atoms with Crippen LogP contribution >= 0.6 is 23.1 Å². The molecule has 1 amide bonds. The molecule has 1 saturated heterocycles. The number of carbonyl (C=O) groups is 1. The molecule has 1 fully saturated rings. The summed E-state index contributed by atoms with van der Waals surface area (Å²) in [5, 5.41) is 13.1. The first kappa shape index (κ1) is 21.2. The summed E-state index contributed by atoms with van der Waals surface area (Å²) in [6.07, 6.45) is 0. The van der Waals surface area contributed by atoms with Crippen LogP contribution in [0.1, 0.15) is 19.7 Å². The molecule has 0 radical (unpaired) electrons. The van der Waals surface area contributed by atoms with Gasteiger partial charge in [-0.05, 0) is 18.1 Å². The average Bonchev–Trinajstić information content (AvgIpc) is 3.30. The molecule has 0 saturated carbocycles. The van der Waals surface area contributed by atoms with Crippen molar-refractivity contribution in [1.29, 1.82) is 0 Å². The number of nitrogens with one attached hydrogen (secondary N) is 1. The first-order valence-electron chi connectivity index (χ1n) is 10.1. The fourth-order valence-corrected chi connectivity index (χ4v) is 4.91. The van der Waals surface area contributed by atoms with Crippen molar-refractivity contribution in [3.8, 4) is 0 Å². The molecule has 4 rings (SSSR count). The van der Waals surface area contributed by atoms with E-state index >= 15 is 0 Å². The summed E-state index contributed by atoms with van der Waals surface area (Å²) in [6, 6.07) is 7.86. The number of anilines is 1. The van der Waals surface area contributed by atoms with Crippen LogP contribution < -0.4 is 5.32 Å². The predicted molar refractivity (Wildman–Crippen MR) is 120 cm³/mol. The molecule has 3 heterocycles. The summed E-state index contributed by atoms with van der Waals surface area (Å²) in [4.78, 5) is 19.3. The number of para-hydroxylation sites is 1. The summed E-state index contributed by atoms with van der Waals surface area (Å²) in [7, 11) is 0. The van der Waals surface area contributed by atoms with Gasteiger partial charge in [-0.3, -0.25) is 9.69 Å². The summed E-state index contributed by atoms with van der Waals surface area (Å²) >= 11 is 2.90. The molecule has 10 heteroatoms. The van der Waals surface area contributed by atoms with Gasteiger partial charge in [0.2, 0.25) is 5.91 Å². The second-order valence-corrected chi connectivity index (χ2v) is 9.59. The highest BCUT2D eigenvalue weighted by Crippen LogP contribution is 2.26. The van der Waals surface area contributed by atoms with Crippen molar-refractivity contribution in [2.24, 2.45) is 5.92 Å². The zero-order chi connectivity index (χ0) is 20.9. The lowest BCUT2D eigenvalue weighted by molar-refractivity contribution is -0.113. The standard InChI is InChI=1S/C20H26N6O2S2/c1-14(2)11-26-17(12-25-7-9-28-10-8-25)23-24-20(26)29-13-18(27)22-19-21-15-5-3-4-6-16(15)30-19/h3-6,14H,7-13H2,1-2H3,(H,21,22,27). The van der Waals surface area contributed by atoms with Gasteiger partial charge in [-0.2, -0.15) is 0 Å². The van der Waals surface area contributed by atoms with Crippen molar-refractivity contribution in [3.63, 3.8) is 0 Å². The van der Waals surface area contributed by atoms with Crippen LogP contribution in [-0.4, -0.2) is 62.6 Å². The molecule has 1 N–H and O–H groups in total. The van der Waals surface area contributed by atoms with Crippen LogP contribution in [-0.2, 0) is 22.6 Å². The number of carbonyl (C=O) groups excluding carboxylic acids is 1. The summed E-state index contributed by atoms with van der Waals surface area (Å²) in [6.45, 7) is 9.25. The summed E-state index contributed by atoms with van der Waals surface area (Å²) in [5.74, 6) is 1.58. The van der Waals surface area contributed by atoms with Crippen molar-refractivity contribution >= 4 is 44.4 Å². The van der Waals surface area contributed by atoms with E-state index in [9.17, 15) is 4.79 Å². The maximum atomic E-state index is 12.5. The first-order chi connectivity index (χ1) is 14.6. The molecule has 1 aliphatic heterocycles. The van der Waals surface area contributed by atoms with E-state index in [1.807, 2.05) is 24.3 Å². The average molecular weight is 447 g/mol. The van der Waals surface area contributed by atoms with Gasteiger partial charge in [-0.15, -0.1) is 10.2 Å². The number of thiazole rings is 1. The molecular weight excluding hydrogens is 420 g/mol. The number of amides is 1. The fourth-order valence-electron chi connectivity index (χ4n) is 3.26. The number of benzene rings is 1. The molecular formula is C20H26N6O2S2. The van der Waals surface area contributed by atoms with Gasteiger partial charge in [0.1, 0.15) is 5.82 Å². The zero-order valence-corrected chi connectivity index (χ0v) is 18.8. The molecule has 0 unspecified atom stereocenters. The minimum atomic E-state index is -0.0899. The van der Waals surface area contributed by atoms with E-state index in [4.69, 9.17) is 4.74 Å². The number of thioether (sulfide) groups is 1. The van der Waals surface area contributed by atoms with Crippen molar-refractivity contribution in [1.82, 2.24) is 24.6 Å². The van der Waals surface area contributed by atoms with Crippen molar-refractivity contribution < 1.29 is 9.53 Å². The summed E-state index contributed by atoms with van der Waals surface area (Å²) < 4.78 is 8.64. The molecule has 0 bridgehead atoms. The summed E-state index contributed by atoms with van der Waals surface area (Å²) in [5.41, 5.74) is 0.898. The Bertz CT molecular complexity index is 963. The van der Waals surface area contributed by atoms with E-state index in [1.54, 1.807) is 0 Å². The van der Waals surface area contributed by atoms with Crippen LogP contribution in [0.25, 0.3) is 10.2 Å². The van der Waals surface area contributed by atoms with E-state index in [-0.39, 0.29) is 11.7 Å². The lowest BCUT2D eigenvalue weighted by Gasteiger charge is -2.26. The molecule has 8 nitrogen and oxygen atoms in total. The SMILES string of the molecule is CC(C)Cn1c(CN2CCOCC2)nnc1SCC(=O)Nc1nc2ccccc2s1. The van der Waals surface area contributed by atoms with Gasteiger partial charge in [0.25, 0.3) is 0 Å². The molecule has 1 aromatic carbocycles. The molecule has 0 aliphatic carbocycles. The monoisotopic (exact) mass is 446 g/mol. The second-order valence-electron chi connectivity index (χ2n) is 7.62. The van der Waals surface area contributed by atoms with E-state index in [1.165, 1.54) is 23.1 Å².